The van der Waals surface area contributed by atoms with Gasteiger partial charge in [0.05, 0.1) is 18.8 Å². The molecule has 0 aromatic heterocycles. The van der Waals surface area contributed by atoms with E-state index in [1.165, 1.54) is 25.7 Å². The van der Waals surface area contributed by atoms with Gasteiger partial charge in [0, 0.05) is 5.54 Å². The number of rotatable bonds is 6. The topological polar surface area (TPSA) is 50.5 Å². The summed E-state index contributed by atoms with van der Waals surface area (Å²) in [7, 11) is 4.32. The predicted molar refractivity (Wildman–Crippen MR) is 76.2 cm³/mol. The second-order valence-electron chi connectivity index (χ2n) is 6.28. The SMILES string of the molecule is CC1CCC(C(COC(C)C)NN)(N(C)C)CC1. The molecule has 0 aromatic rings. The lowest BCUT2D eigenvalue weighted by Crippen LogP contribution is -2.63. The van der Waals surface area contributed by atoms with Crippen LogP contribution in [0.2, 0.25) is 0 Å². The number of nitrogens with two attached hydrogens (primary N) is 1. The molecule has 1 saturated carbocycles. The summed E-state index contributed by atoms with van der Waals surface area (Å²) in [4.78, 5) is 2.34. The Bertz CT molecular complexity index is 235. The van der Waals surface area contributed by atoms with E-state index >= 15 is 0 Å². The van der Waals surface area contributed by atoms with Crippen LogP contribution >= 0.6 is 0 Å². The first-order valence-corrected chi connectivity index (χ1v) is 7.17. The Balaban J connectivity index is 2.74. The lowest BCUT2D eigenvalue weighted by atomic mass is 9.72. The highest BCUT2D eigenvalue weighted by Crippen LogP contribution is 2.37. The standard InChI is InChI=1S/C14H31N3O/c1-11(2)18-10-13(16-15)14(17(4)5)8-6-12(3)7-9-14/h11-13,16H,6-10,15H2,1-5H3. The maximum Gasteiger partial charge on any atom is 0.0654 e. The number of hydrogen-bond donors (Lipinski definition) is 2. The summed E-state index contributed by atoms with van der Waals surface area (Å²) in [5, 5.41) is 0. The van der Waals surface area contributed by atoms with E-state index in [2.05, 4.69) is 45.2 Å². The number of hydrogen-bond acceptors (Lipinski definition) is 4. The molecule has 18 heavy (non-hydrogen) atoms. The van der Waals surface area contributed by atoms with Gasteiger partial charge in [-0.05, 0) is 59.5 Å². The minimum Gasteiger partial charge on any atom is -0.377 e. The molecule has 0 spiro atoms. The fourth-order valence-electron chi connectivity index (χ4n) is 3.02. The Morgan fingerprint density at radius 2 is 1.89 bits per heavy atom. The van der Waals surface area contributed by atoms with Crippen LogP contribution in [0, 0.1) is 5.92 Å². The van der Waals surface area contributed by atoms with Crippen molar-refractivity contribution in [3.63, 3.8) is 0 Å². The molecule has 108 valence electrons. The molecule has 1 aliphatic carbocycles. The quantitative estimate of drug-likeness (QED) is 0.562. The van der Waals surface area contributed by atoms with Gasteiger partial charge >= 0.3 is 0 Å². The molecule has 4 nitrogen and oxygen atoms in total. The molecule has 1 aliphatic rings. The van der Waals surface area contributed by atoms with Crippen LogP contribution in [-0.2, 0) is 4.74 Å². The van der Waals surface area contributed by atoms with Crippen molar-refractivity contribution in [3.8, 4) is 0 Å². The number of hydrazine groups is 1. The third-order valence-electron chi connectivity index (χ3n) is 4.48. The normalized spacial score (nSPS) is 31.0. The van der Waals surface area contributed by atoms with Crippen LogP contribution < -0.4 is 11.3 Å². The lowest BCUT2D eigenvalue weighted by molar-refractivity contribution is -0.0162. The zero-order valence-corrected chi connectivity index (χ0v) is 12.7. The minimum atomic E-state index is 0.135. The van der Waals surface area contributed by atoms with Crippen LogP contribution in [0.1, 0.15) is 46.5 Å². The minimum absolute atomic E-state index is 0.135. The molecular formula is C14H31N3O. The predicted octanol–water partition coefficient (Wildman–Crippen LogP) is 1.75. The van der Waals surface area contributed by atoms with Crippen LogP contribution in [0.3, 0.4) is 0 Å². The number of nitrogens with one attached hydrogen (secondary N) is 1. The van der Waals surface area contributed by atoms with E-state index in [-0.39, 0.29) is 17.7 Å². The second-order valence-corrected chi connectivity index (χ2v) is 6.28. The number of likely N-dealkylation sites (N-methyl/N-ethyl adjacent to an activating group) is 1. The molecule has 4 heteroatoms. The lowest BCUT2D eigenvalue weighted by Gasteiger charge is -2.49. The van der Waals surface area contributed by atoms with Gasteiger partial charge in [-0.3, -0.25) is 11.3 Å². The van der Waals surface area contributed by atoms with Crippen LogP contribution in [0.15, 0.2) is 0 Å². The summed E-state index contributed by atoms with van der Waals surface area (Å²) >= 11 is 0. The van der Waals surface area contributed by atoms with Crippen LogP contribution in [0.4, 0.5) is 0 Å². The highest BCUT2D eigenvalue weighted by Gasteiger charge is 2.42. The molecule has 0 saturated heterocycles. The van der Waals surface area contributed by atoms with Crippen molar-refractivity contribution < 1.29 is 4.74 Å². The van der Waals surface area contributed by atoms with Crippen LogP contribution in [0.25, 0.3) is 0 Å². The van der Waals surface area contributed by atoms with E-state index in [1.54, 1.807) is 0 Å². The summed E-state index contributed by atoms with van der Waals surface area (Å²) in [6, 6.07) is 0.197. The van der Waals surface area contributed by atoms with Crippen molar-refractivity contribution in [1.29, 1.82) is 0 Å². The van der Waals surface area contributed by atoms with Gasteiger partial charge in [-0.15, -0.1) is 0 Å². The maximum atomic E-state index is 5.79. The Morgan fingerprint density at radius 3 is 2.28 bits per heavy atom. The highest BCUT2D eigenvalue weighted by atomic mass is 16.5. The third-order valence-corrected chi connectivity index (χ3v) is 4.48. The first-order chi connectivity index (χ1) is 8.42. The van der Waals surface area contributed by atoms with Crippen molar-refractivity contribution in [3.05, 3.63) is 0 Å². The van der Waals surface area contributed by atoms with E-state index in [9.17, 15) is 0 Å². The Kier molecular flexibility index (Phi) is 6.05. The van der Waals surface area contributed by atoms with Gasteiger partial charge in [-0.25, -0.2) is 0 Å². The molecule has 0 heterocycles. The fraction of sp³-hybridized carbons (Fsp3) is 1.00. The van der Waals surface area contributed by atoms with Crippen molar-refractivity contribution in [2.45, 2.75) is 64.1 Å². The molecule has 3 N–H and O–H groups in total. The molecule has 1 rings (SSSR count). The van der Waals surface area contributed by atoms with Crippen LogP contribution in [-0.4, -0.2) is 43.3 Å². The van der Waals surface area contributed by atoms with E-state index in [0.717, 1.165) is 5.92 Å². The van der Waals surface area contributed by atoms with Gasteiger partial charge in [-0.2, -0.15) is 0 Å². The number of ether oxygens (including phenoxy) is 1. The number of nitrogens with zero attached hydrogens (tertiary/aromatic N) is 1. The highest BCUT2D eigenvalue weighted by molar-refractivity contribution is 5.00. The zero-order chi connectivity index (χ0) is 13.8. The summed E-state index contributed by atoms with van der Waals surface area (Å²) < 4.78 is 5.78. The summed E-state index contributed by atoms with van der Waals surface area (Å²) in [5.74, 6) is 6.63. The molecule has 1 fully saturated rings. The van der Waals surface area contributed by atoms with Crippen molar-refractivity contribution in [2.75, 3.05) is 20.7 Å². The van der Waals surface area contributed by atoms with E-state index in [0.29, 0.717) is 6.61 Å². The van der Waals surface area contributed by atoms with Crippen molar-refractivity contribution >= 4 is 0 Å². The smallest absolute Gasteiger partial charge is 0.0654 e. The summed E-state index contributed by atoms with van der Waals surface area (Å²) in [5.41, 5.74) is 3.13. The van der Waals surface area contributed by atoms with E-state index in [4.69, 9.17) is 10.6 Å². The first kappa shape index (κ1) is 15.9. The van der Waals surface area contributed by atoms with Crippen LogP contribution in [0.5, 0.6) is 0 Å². The van der Waals surface area contributed by atoms with Gasteiger partial charge in [0.2, 0.25) is 0 Å². The van der Waals surface area contributed by atoms with Crippen molar-refractivity contribution in [2.24, 2.45) is 11.8 Å². The van der Waals surface area contributed by atoms with E-state index < -0.39 is 0 Å². The second kappa shape index (κ2) is 6.85. The summed E-state index contributed by atoms with van der Waals surface area (Å²) in [6.45, 7) is 7.16. The van der Waals surface area contributed by atoms with E-state index in [1.807, 2.05) is 0 Å². The third kappa shape index (κ3) is 3.67. The fourth-order valence-corrected chi connectivity index (χ4v) is 3.02. The maximum absolute atomic E-state index is 5.79. The average molecular weight is 257 g/mol. The molecule has 1 atom stereocenters. The summed E-state index contributed by atoms with van der Waals surface area (Å²) in [6.07, 6.45) is 5.19. The zero-order valence-electron chi connectivity index (χ0n) is 12.7. The van der Waals surface area contributed by atoms with Gasteiger partial charge in [-0.1, -0.05) is 6.92 Å². The van der Waals surface area contributed by atoms with Gasteiger partial charge in [0.1, 0.15) is 0 Å². The molecule has 0 aliphatic heterocycles. The first-order valence-electron chi connectivity index (χ1n) is 7.17. The van der Waals surface area contributed by atoms with Crippen molar-refractivity contribution in [1.82, 2.24) is 10.3 Å². The largest absolute Gasteiger partial charge is 0.377 e. The van der Waals surface area contributed by atoms with Gasteiger partial charge in [0.15, 0.2) is 0 Å². The Morgan fingerprint density at radius 1 is 1.33 bits per heavy atom. The Hall–Kier alpha value is -0.160. The molecule has 0 amide bonds. The molecule has 0 radical (unpaired) electrons. The molecule has 1 unspecified atom stereocenters. The average Bonchev–Trinajstić information content (AvgIpc) is 2.31. The Labute approximate surface area is 112 Å². The van der Waals surface area contributed by atoms with Gasteiger partial charge < -0.3 is 9.64 Å². The monoisotopic (exact) mass is 257 g/mol. The molecular weight excluding hydrogens is 226 g/mol. The molecule has 0 aromatic carbocycles. The van der Waals surface area contributed by atoms with Gasteiger partial charge in [0.25, 0.3) is 0 Å². The molecule has 0 bridgehead atoms.